The summed E-state index contributed by atoms with van der Waals surface area (Å²) >= 11 is 3.57. The summed E-state index contributed by atoms with van der Waals surface area (Å²) in [6.45, 7) is 3.99. The largest absolute Gasteiger partial charge is 0.462 e. The molecule has 6 heteroatoms. The van der Waals surface area contributed by atoms with E-state index in [0.717, 1.165) is 26.3 Å². The van der Waals surface area contributed by atoms with Crippen LogP contribution < -0.4 is 5.73 Å². The van der Waals surface area contributed by atoms with Crippen LogP contribution in [0.4, 0.5) is 0 Å². The van der Waals surface area contributed by atoms with Crippen molar-refractivity contribution in [2.45, 2.75) is 13.8 Å². The smallest absolute Gasteiger partial charge is 0.338 e. The molecular weight excluding hydrogens is 360 g/mol. The van der Waals surface area contributed by atoms with Gasteiger partial charge in [0, 0.05) is 20.8 Å². The van der Waals surface area contributed by atoms with Gasteiger partial charge >= 0.3 is 5.97 Å². The molecule has 0 aliphatic rings. The number of carbonyl (C=O) groups is 2. The molecule has 2 aromatic carbocycles. The second-order valence-corrected chi connectivity index (χ2v) is 6.07. The van der Waals surface area contributed by atoms with Gasteiger partial charge < -0.3 is 15.5 Å². The number of rotatable bonds is 3. The van der Waals surface area contributed by atoms with Gasteiger partial charge in [0.1, 0.15) is 0 Å². The number of nitrogens with two attached hydrogens (primary N) is 1. The predicted octanol–water partition coefficient (Wildman–Crippen LogP) is 3.67. The number of hydrogen-bond acceptors (Lipinski definition) is 3. The molecule has 0 fully saturated rings. The van der Waals surface area contributed by atoms with Gasteiger partial charge in [-0.05, 0) is 53.5 Å². The maximum Gasteiger partial charge on any atom is 0.338 e. The van der Waals surface area contributed by atoms with E-state index in [1.807, 2.05) is 13.0 Å². The van der Waals surface area contributed by atoms with Crippen molar-refractivity contribution in [3.63, 3.8) is 0 Å². The Balaban J connectivity index is 2.34. The number of nitrogens with one attached hydrogen (secondary N) is 1. The van der Waals surface area contributed by atoms with Gasteiger partial charge in [0.05, 0.1) is 23.3 Å². The van der Waals surface area contributed by atoms with Gasteiger partial charge in [-0.3, -0.25) is 4.79 Å². The minimum absolute atomic E-state index is 0.320. The number of aryl methyl sites for hydroxylation is 1. The second-order valence-electron chi connectivity index (χ2n) is 5.28. The third-order valence-electron chi connectivity index (χ3n) is 3.77. The zero-order chi connectivity index (χ0) is 16.7. The molecule has 0 atom stereocenters. The highest BCUT2D eigenvalue weighted by Gasteiger charge is 2.18. The van der Waals surface area contributed by atoms with E-state index >= 15 is 0 Å². The van der Waals surface area contributed by atoms with Crippen LogP contribution in [-0.4, -0.2) is 23.5 Å². The van der Waals surface area contributed by atoms with Gasteiger partial charge in [0.15, 0.2) is 0 Å². The van der Waals surface area contributed by atoms with Crippen LogP contribution in [0.5, 0.6) is 0 Å². The van der Waals surface area contributed by atoms with Gasteiger partial charge in [-0.25, -0.2) is 4.79 Å². The molecule has 1 amide bonds. The van der Waals surface area contributed by atoms with E-state index in [1.165, 1.54) is 0 Å². The molecule has 1 heterocycles. The van der Waals surface area contributed by atoms with Crippen molar-refractivity contribution in [1.82, 2.24) is 4.98 Å². The van der Waals surface area contributed by atoms with Crippen LogP contribution in [0.3, 0.4) is 0 Å². The first-order valence-corrected chi connectivity index (χ1v) is 7.94. The van der Waals surface area contributed by atoms with Gasteiger partial charge in [0.2, 0.25) is 0 Å². The Morgan fingerprint density at radius 1 is 1.30 bits per heavy atom. The number of aromatic nitrogens is 1. The minimum Gasteiger partial charge on any atom is -0.462 e. The van der Waals surface area contributed by atoms with E-state index in [1.54, 1.807) is 25.1 Å². The quantitative estimate of drug-likeness (QED) is 0.685. The molecule has 0 unspecified atom stereocenters. The Labute approximate surface area is 140 Å². The number of amides is 1. The van der Waals surface area contributed by atoms with Crippen LogP contribution in [0.1, 0.15) is 33.2 Å². The first kappa shape index (κ1) is 15.6. The third kappa shape index (κ3) is 2.49. The van der Waals surface area contributed by atoms with Crippen LogP contribution >= 0.6 is 15.9 Å². The molecule has 5 nitrogen and oxygen atoms in total. The molecule has 0 saturated carbocycles. The maximum atomic E-state index is 11.9. The Morgan fingerprint density at radius 2 is 2.04 bits per heavy atom. The molecule has 3 rings (SSSR count). The normalized spacial score (nSPS) is 11.1. The van der Waals surface area contributed by atoms with Crippen LogP contribution in [0.25, 0.3) is 21.8 Å². The van der Waals surface area contributed by atoms with Crippen molar-refractivity contribution < 1.29 is 14.3 Å². The van der Waals surface area contributed by atoms with Gasteiger partial charge in [0.25, 0.3) is 5.91 Å². The molecule has 0 bridgehead atoms. The Bertz CT molecular complexity index is 960. The van der Waals surface area contributed by atoms with E-state index in [4.69, 9.17) is 10.5 Å². The summed E-state index contributed by atoms with van der Waals surface area (Å²) in [5.41, 5.74) is 8.70. The summed E-state index contributed by atoms with van der Waals surface area (Å²) in [5.74, 6) is -0.874. The summed E-state index contributed by atoms with van der Waals surface area (Å²) in [6, 6.07) is 7.03. The molecule has 0 radical (unpaired) electrons. The van der Waals surface area contributed by atoms with Crippen molar-refractivity contribution in [2.24, 2.45) is 5.73 Å². The highest BCUT2D eigenvalue weighted by Crippen LogP contribution is 2.36. The number of fused-ring (bicyclic) bond motifs is 3. The lowest BCUT2D eigenvalue weighted by molar-refractivity contribution is 0.0526. The highest BCUT2D eigenvalue weighted by atomic mass is 79.9. The number of aromatic amines is 1. The number of esters is 1. The Kier molecular flexibility index (Phi) is 3.85. The number of ether oxygens (including phenoxy) is 1. The van der Waals surface area contributed by atoms with Crippen LogP contribution in [0.15, 0.2) is 28.7 Å². The molecule has 0 saturated heterocycles. The van der Waals surface area contributed by atoms with E-state index < -0.39 is 5.91 Å². The molecule has 0 spiro atoms. The number of benzene rings is 2. The summed E-state index contributed by atoms with van der Waals surface area (Å²) in [6.07, 6.45) is 0. The lowest BCUT2D eigenvalue weighted by atomic mass is 10.0. The average molecular weight is 375 g/mol. The fourth-order valence-corrected chi connectivity index (χ4v) is 3.24. The fraction of sp³-hybridized carbons (Fsp3) is 0.176. The van der Waals surface area contributed by atoms with Crippen molar-refractivity contribution >= 4 is 49.6 Å². The molecule has 0 aliphatic heterocycles. The summed E-state index contributed by atoms with van der Waals surface area (Å²) in [7, 11) is 0. The van der Waals surface area contributed by atoms with Crippen LogP contribution in [0, 0.1) is 6.92 Å². The second kappa shape index (κ2) is 5.70. The first-order chi connectivity index (χ1) is 10.9. The fourth-order valence-electron chi connectivity index (χ4n) is 2.71. The third-order valence-corrected chi connectivity index (χ3v) is 4.79. The molecule has 23 heavy (non-hydrogen) atoms. The molecule has 3 aromatic rings. The van der Waals surface area contributed by atoms with Crippen LogP contribution in [-0.2, 0) is 4.74 Å². The van der Waals surface area contributed by atoms with E-state index in [2.05, 4.69) is 20.9 Å². The van der Waals surface area contributed by atoms with E-state index in [9.17, 15) is 9.59 Å². The highest BCUT2D eigenvalue weighted by molar-refractivity contribution is 9.10. The monoisotopic (exact) mass is 374 g/mol. The number of carbonyl (C=O) groups excluding carboxylic acids is 2. The summed E-state index contributed by atoms with van der Waals surface area (Å²) in [4.78, 5) is 26.8. The SMILES string of the molecule is CCOC(=O)c1ccc2c(c1)[nH]c1c(C(N)=O)cc(C)c(Br)c12. The topological polar surface area (TPSA) is 85.2 Å². The number of primary amides is 1. The zero-order valence-corrected chi connectivity index (χ0v) is 14.3. The first-order valence-electron chi connectivity index (χ1n) is 7.15. The van der Waals surface area contributed by atoms with Crippen LogP contribution in [0.2, 0.25) is 0 Å². The van der Waals surface area contributed by atoms with Gasteiger partial charge in [-0.2, -0.15) is 0 Å². The summed E-state index contributed by atoms with van der Waals surface area (Å²) in [5, 5.41) is 1.79. The van der Waals surface area contributed by atoms with Crippen molar-refractivity contribution in [1.29, 1.82) is 0 Å². The number of hydrogen-bond donors (Lipinski definition) is 2. The lowest BCUT2D eigenvalue weighted by Crippen LogP contribution is -2.12. The van der Waals surface area contributed by atoms with E-state index in [0.29, 0.717) is 23.3 Å². The van der Waals surface area contributed by atoms with Crippen molar-refractivity contribution in [3.05, 3.63) is 45.4 Å². The Hall–Kier alpha value is -2.34. The summed E-state index contributed by atoms with van der Waals surface area (Å²) < 4.78 is 5.92. The molecule has 3 N–H and O–H groups in total. The van der Waals surface area contributed by atoms with Crippen molar-refractivity contribution in [3.8, 4) is 0 Å². The van der Waals surface area contributed by atoms with Gasteiger partial charge in [-0.1, -0.05) is 6.07 Å². The minimum atomic E-state index is -0.497. The molecule has 118 valence electrons. The maximum absolute atomic E-state index is 11.9. The predicted molar refractivity (Wildman–Crippen MR) is 92.7 cm³/mol. The standard InChI is InChI=1S/C17H15BrN2O3/c1-3-23-17(22)9-4-5-10-12(7-9)20-15-11(16(19)21)6-8(2)14(18)13(10)15/h4-7,20H,3H2,1-2H3,(H2,19,21). The molecule has 1 aromatic heterocycles. The van der Waals surface area contributed by atoms with Crippen molar-refractivity contribution in [2.75, 3.05) is 6.61 Å². The average Bonchev–Trinajstić information content (AvgIpc) is 2.89. The number of H-pyrrole nitrogens is 1. The lowest BCUT2D eigenvalue weighted by Gasteiger charge is -2.05. The van der Waals surface area contributed by atoms with E-state index in [-0.39, 0.29) is 5.97 Å². The molecular formula is C17H15BrN2O3. The molecule has 0 aliphatic carbocycles. The Morgan fingerprint density at radius 3 is 2.70 bits per heavy atom. The van der Waals surface area contributed by atoms with Gasteiger partial charge in [-0.15, -0.1) is 0 Å². The zero-order valence-electron chi connectivity index (χ0n) is 12.7. The number of halogens is 1.